The monoisotopic (exact) mass is 580 g/mol. The molecule has 0 aliphatic heterocycles. The minimum absolute atomic E-state index is 0.0223. The van der Waals surface area contributed by atoms with Crippen LogP contribution in [0.1, 0.15) is 12.8 Å². The maximum Gasteiger partial charge on any atom is 0.225 e. The first-order valence-electron chi connectivity index (χ1n) is 12.0. The minimum atomic E-state index is -0.0223. The van der Waals surface area contributed by atoms with E-state index >= 15 is 0 Å². The SMILES string of the molecule is O=C(CCSc1ccc(Cl)cc1)Nc1ccc(-c2ccc(NC(=O)CCSc3ccc(Cl)cc3)cc2)cc1. The third-order valence-electron chi connectivity index (χ3n) is 5.49. The molecule has 2 amide bonds. The Hall–Kier alpha value is -2.90. The molecular weight excluding hydrogens is 555 g/mol. The number of amides is 2. The van der Waals surface area contributed by atoms with Gasteiger partial charge in [0, 0.05) is 55.6 Å². The zero-order valence-corrected chi connectivity index (χ0v) is 23.6. The van der Waals surface area contributed by atoms with Crippen LogP contribution in [-0.4, -0.2) is 23.3 Å². The van der Waals surface area contributed by atoms with E-state index in [2.05, 4.69) is 10.6 Å². The highest BCUT2D eigenvalue weighted by atomic mass is 35.5. The van der Waals surface area contributed by atoms with Crippen LogP contribution in [0.5, 0.6) is 0 Å². The van der Waals surface area contributed by atoms with Gasteiger partial charge in [-0.1, -0.05) is 47.5 Å². The van der Waals surface area contributed by atoms with Gasteiger partial charge in [-0.3, -0.25) is 9.59 Å². The summed E-state index contributed by atoms with van der Waals surface area (Å²) in [6, 6.07) is 30.7. The molecule has 0 heterocycles. The summed E-state index contributed by atoms with van der Waals surface area (Å²) in [5.74, 6) is 1.34. The van der Waals surface area contributed by atoms with Crippen LogP contribution in [0.15, 0.2) is 107 Å². The number of nitrogens with one attached hydrogen (secondary N) is 2. The molecule has 0 saturated carbocycles. The van der Waals surface area contributed by atoms with Crippen LogP contribution in [0.2, 0.25) is 10.0 Å². The Labute approximate surface area is 241 Å². The molecule has 0 atom stereocenters. The molecule has 0 fully saturated rings. The fourth-order valence-corrected chi connectivity index (χ4v) is 5.48. The number of hydrogen-bond donors (Lipinski definition) is 2. The van der Waals surface area contributed by atoms with E-state index in [1.54, 1.807) is 23.5 Å². The maximum atomic E-state index is 12.3. The summed E-state index contributed by atoms with van der Waals surface area (Å²) < 4.78 is 0. The number of thioether (sulfide) groups is 2. The summed E-state index contributed by atoms with van der Waals surface area (Å²) in [5.41, 5.74) is 3.57. The van der Waals surface area contributed by atoms with Gasteiger partial charge in [0.25, 0.3) is 0 Å². The van der Waals surface area contributed by atoms with Crippen LogP contribution in [0, 0.1) is 0 Å². The molecule has 8 heteroatoms. The number of carbonyl (C=O) groups is 2. The van der Waals surface area contributed by atoms with Crippen LogP contribution in [0.25, 0.3) is 11.1 Å². The van der Waals surface area contributed by atoms with Gasteiger partial charge in [-0.05, 0) is 83.9 Å². The number of benzene rings is 4. The molecule has 0 saturated heterocycles. The molecule has 2 N–H and O–H groups in total. The Bertz CT molecular complexity index is 1240. The quantitative estimate of drug-likeness (QED) is 0.174. The molecular formula is C30H26Cl2N2O2S2. The Morgan fingerprint density at radius 1 is 0.526 bits per heavy atom. The van der Waals surface area contributed by atoms with Crippen molar-refractivity contribution in [1.29, 1.82) is 0 Å². The Balaban J connectivity index is 1.19. The van der Waals surface area contributed by atoms with Gasteiger partial charge < -0.3 is 10.6 Å². The van der Waals surface area contributed by atoms with Crippen molar-refractivity contribution in [3.05, 3.63) is 107 Å². The van der Waals surface area contributed by atoms with Crippen molar-refractivity contribution in [2.75, 3.05) is 22.1 Å². The van der Waals surface area contributed by atoms with Crippen molar-refractivity contribution in [2.24, 2.45) is 0 Å². The molecule has 38 heavy (non-hydrogen) atoms. The van der Waals surface area contributed by atoms with E-state index in [0.29, 0.717) is 34.4 Å². The summed E-state index contributed by atoms with van der Waals surface area (Å²) >= 11 is 15.1. The highest BCUT2D eigenvalue weighted by Crippen LogP contribution is 2.25. The first-order valence-corrected chi connectivity index (χ1v) is 14.7. The fraction of sp³-hybridized carbons (Fsp3) is 0.133. The third kappa shape index (κ3) is 9.14. The minimum Gasteiger partial charge on any atom is -0.326 e. The van der Waals surface area contributed by atoms with E-state index in [9.17, 15) is 9.59 Å². The van der Waals surface area contributed by atoms with Crippen molar-refractivity contribution in [1.82, 2.24) is 0 Å². The molecule has 0 aliphatic rings. The standard InChI is InChI=1S/C30H26Cl2N2O2S2/c31-23-5-13-27(14-6-23)37-19-17-29(35)33-25-9-1-21(2-10-25)22-3-11-26(12-4-22)34-30(36)18-20-38-28-15-7-24(32)8-16-28/h1-16H,17-20H2,(H,33,35)(H,34,36). The van der Waals surface area contributed by atoms with E-state index in [0.717, 1.165) is 32.3 Å². The van der Waals surface area contributed by atoms with Gasteiger partial charge in [0.1, 0.15) is 0 Å². The number of anilines is 2. The van der Waals surface area contributed by atoms with Crippen LogP contribution in [0.4, 0.5) is 11.4 Å². The van der Waals surface area contributed by atoms with E-state index in [-0.39, 0.29) is 11.8 Å². The van der Waals surface area contributed by atoms with E-state index in [1.165, 1.54) is 0 Å². The summed E-state index contributed by atoms with van der Waals surface area (Å²) in [7, 11) is 0. The molecule has 0 spiro atoms. The summed E-state index contributed by atoms with van der Waals surface area (Å²) in [6.07, 6.45) is 0.837. The van der Waals surface area contributed by atoms with Crippen molar-refractivity contribution < 1.29 is 9.59 Å². The zero-order chi connectivity index (χ0) is 26.7. The van der Waals surface area contributed by atoms with Gasteiger partial charge in [-0.15, -0.1) is 23.5 Å². The molecule has 4 nitrogen and oxygen atoms in total. The fourth-order valence-electron chi connectivity index (χ4n) is 3.52. The number of halogens is 2. The van der Waals surface area contributed by atoms with Gasteiger partial charge >= 0.3 is 0 Å². The largest absolute Gasteiger partial charge is 0.326 e. The third-order valence-corrected chi connectivity index (χ3v) is 8.03. The highest BCUT2D eigenvalue weighted by Gasteiger charge is 2.06. The first-order chi connectivity index (χ1) is 18.4. The molecule has 194 valence electrons. The van der Waals surface area contributed by atoms with E-state index < -0.39 is 0 Å². The molecule has 4 aromatic rings. The smallest absolute Gasteiger partial charge is 0.225 e. The Kier molecular flexibility index (Phi) is 10.6. The second-order valence-electron chi connectivity index (χ2n) is 8.36. The molecule has 0 radical (unpaired) electrons. The van der Waals surface area contributed by atoms with Gasteiger partial charge in [-0.25, -0.2) is 0 Å². The Morgan fingerprint density at radius 2 is 0.868 bits per heavy atom. The average molecular weight is 582 g/mol. The molecule has 0 aliphatic carbocycles. The molecule has 4 aromatic carbocycles. The lowest BCUT2D eigenvalue weighted by Crippen LogP contribution is -2.12. The zero-order valence-electron chi connectivity index (χ0n) is 20.5. The van der Waals surface area contributed by atoms with Crippen molar-refractivity contribution >= 4 is 69.9 Å². The second-order valence-corrected chi connectivity index (χ2v) is 11.6. The van der Waals surface area contributed by atoms with Crippen LogP contribution >= 0.6 is 46.7 Å². The molecule has 4 rings (SSSR count). The lowest BCUT2D eigenvalue weighted by atomic mass is 10.0. The van der Waals surface area contributed by atoms with Crippen molar-refractivity contribution in [2.45, 2.75) is 22.6 Å². The molecule has 0 aromatic heterocycles. The maximum absolute atomic E-state index is 12.3. The highest BCUT2D eigenvalue weighted by molar-refractivity contribution is 7.99. The van der Waals surface area contributed by atoms with E-state index in [4.69, 9.17) is 23.2 Å². The number of hydrogen-bond acceptors (Lipinski definition) is 4. The molecule has 0 bridgehead atoms. The number of rotatable bonds is 11. The summed E-state index contributed by atoms with van der Waals surface area (Å²) in [6.45, 7) is 0. The van der Waals surface area contributed by atoms with Crippen LogP contribution in [-0.2, 0) is 9.59 Å². The Morgan fingerprint density at radius 3 is 1.21 bits per heavy atom. The topological polar surface area (TPSA) is 58.2 Å². The predicted octanol–water partition coefficient (Wildman–Crippen LogP) is 8.90. The van der Waals surface area contributed by atoms with Gasteiger partial charge in [0.15, 0.2) is 0 Å². The number of carbonyl (C=O) groups excluding carboxylic acids is 2. The van der Waals surface area contributed by atoms with Gasteiger partial charge in [0.2, 0.25) is 11.8 Å². The lowest BCUT2D eigenvalue weighted by molar-refractivity contribution is -0.116. The van der Waals surface area contributed by atoms with Crippen LogP contribution in [0.3, 0.4) is 0 Å². The van der Waals surface area contributed by atoms with E-state index in [1.807, 2.05) is 97.1 Å². The normalized spacial score (nSPS) is 10.7. The van der Waals surface area contributed by atoms with Crippen LogP contribution < -0.4 is 10.6 Å². The predicted molar refractivity (Wildman–Crippen MR) is 163 cm³/mol. The van der Waals surface area contributed by atoms with Crippen molar-refractivity contribution in [3.8, 4) is 11.1 Å². The summed E-state index contributed by atoms with van der Waals surface area (Å²) in [4.78, 5) is 26.8. The second kappa shape index (κ2) is 14.3. The van der Waals surface area contributed by atoms with Gasteiger partial charge in [-0.2, -0.15) is 0 Å². The molecule has 0 unspecified atom stereocenters. The average Bonchev–Trinajstić information content (AvgIpc) is 2.92. The van der Waals surface area contributed by atoms with Crippen molar-refractivity contribution in [3.63, 3.8) is 0 Å². The first kappa shape index (κ1) is 28.1. The lowest BCUT2D eigenvalue weighted by Gasteiger charge is -2.09. The summed E-state index contributed by atoms with van der Waals surface area (Å²) in [5, 5.41) is 7.30. The van der Waals surface area contributed by atoms with Gasteiger partial charge in [0.05, 0.1) is 0 Å².